The Morgan fingerprint density at radius 2 is 2.35 bits per heavy atom. The largest absolute Gasteiger partial charge is 0.493 e. The molecule has 3 rings (SSSR count). The molecule has 2 aliphatic heterocycles. The number of aliphatic carboxylic acids is 1. The van der Waals surface area contributed by atoms with Crippen molar-refractivity contribution in [1.82, 2.24) is 0 Å². The predicted octanol–water partition coefficient (Wildman–Crippen LogP) is 1.20. The second-order valence-corrected chi connectivity index (χ2v) is 4.51. The highest BCUT2D eigenvalue weighted by Crippen LogP contribution is 2.42. The Kier molecular flexibility index (Phi) is 3.09. The van der Waals surface area contributed by atoms with Gasteiger partial charge in [-0.15, -0.1) is 0 Å². The van der Waals surface area contributed by atoms with Gasteiger partial charge in [-0.25, -0.2) is 4.79 Å². The van der Waals surface area contributed by atoms with Crippen LogP contribution in [0.2, 0.25) is 0 Å². The maximum absolute atomic E-state index is 10.8. The number of oxime groups is 1. The average molecular weight is 279 g/mol. The number of methoxy groups -OCH3 is 1. The minimum absolute atomic E-state index is 0.0442. The van der Waals surface area contributed by atoms with Gasteiger partial charge in [-0.1, -0.05) is 5.16 Å². The minimum atomic E-state index is -1.05. The van der Waals surface area contributed by atoms with Crippen LogP contribution in [0.1, 0.15) is 12.0 Å². The summed E-state index contributed by atoms with van der Waals surface area (Å²) in [5, 5.41) is 12.4. The van der Waals surface area contributed by atoms with Crippen LogP contribution in [0.25, 0.3) is 0 Å². The molecular weight excluding hydrogens is 266 g/mol. The lowest BCUT2D eigenvalue weighted by molar-refractivity contribution is -0.129. The number of fused-ring (bicyclic) bond motifs is 1. The summed E-state index contributed by atoms with van der Waals surface area (Å²) in [5.41, 5.74) is 0.959. The van der Waals surface area contributed by atoms with Crippen molar-refractivity contribution in [1.29, 1.82) is 0 Å². The van der Waals surface area contributed by atoms with Crippen LogP contribution >= 0.6 is 0 Å². The maximum Gasteiger partial charge on any atom is 0.353 e. The van der Waals surface area contributed by atoms with Gasteiger partial charge in [-0.3, -0.25) is 0 Å². The molecule has 0 saturated carbocycles. The maximum atomic E-state index is 10.8. The molecule has 0 fully saturated rings. The van der Waals surface area contributed by atoms with Crippen LogP contribution in [0.15, 0.2) is 17.3 Å². The molecule has 7 nitrogen and oxygen atoms in total. The summed E-state index contributed by atoms with van der Waals surface area (Å²) in [6.07, 6.45) is 0.519. The van der Waals surface area contributed by atoms with Gasteiger partial charge in [0, 0.05) is 12.8 Å². The number of rotatable bonds is 4. The van der Waals surface area contributed by atoms with Crippen LogP contribution in [0.3, 0.4) is 0 Å². The van der Waals surface area contributed by atoms with Crippen molar-refractivity contribution < 1.29 is 28.9 Å². The highest BCUT2D eigenvalue weighted by molar-refractivity contribution is 6.35. The molecule has 0 spiro atoms. The van der Waals surface area contributed by atoms with Crippen molar-refractivity contribution in [2.75, 3.05) is 13.9 Å². The Balaban J connectivity index is 1.75. The highest BCUT2D eigenvalue weighted by Gasteiger charge is 2.27. The topological polar surface area (TPSA) is 86.6 Å². The van der Waals surface area contributed by atoms with E-state index in [-0.39, 0.29) is 25.0 Å². The molecule has 1 N–H and O–H groups in total. The number of carbonyl (C=O) groups is 1. The van der Waals surface area contributed by atoms with Crippen LogP contribution in [0, 0.1) is 0 Å². The van der Waals surface area contributed by atoms with E-state index in [1.807, 2.05) is 12.1 Å². The normalized spacial score (nSPS) is 19.4. The molecule has 0 saturated heterocycles. The fraction of sp³-hybridized carbons (Fsp3) is 0.385. The Morgan fingerprint density at radius 3 is 3.05 bits per heavy atom. The SMILES string of the molecule is COc1cc(CC2CC(C(=O)O)=NO2)cc2c1OCO2. The van der Waals surface area contributed by atoms with Gasteiger partial charge in [-0.2, -0.15) is 0 Å². The Morgan fingerprint density at radius 1 is 1.50 bits per heavy atom. The Bertz CT molecular complexity index is 582. The smallest absolute Gasteiger partial charge is 0.353 e. The third-order valence-electron chi connectivity index (χ3n) is 3.16. The van der Waals surface area contributed by atoms with Gasteiger partial charge in [0.2, 0.25) is 12.5 Å². The van der Waals surface area contributed by atoms with Crippen molar-refractivity contribution in [2.24, 2.45) is 5.16 Å². The van der Waals surface area contributed by atoms with Gasteiger partial charge < -0.3 is 24.2 Å². The molecular formula is C13H13NO6. The Labute approximate surface area is 114 Å². The van der Waals surface area contributed by atoms with Crippen molar-refractivity contribution >= 4 is 11.7 Å². The third-order valence-corrected chi connectivity index (χ3v) is 3.16. The molecule has 20 heavy (non-hydrogen) atoms. The lowest BCUT2D eigenvalue weighted by Crippen LogP contribution is -2.16. The summed E-state index contributed by atoms with van der Waals surface area (Å²) < 4.78 is 15.9. The molecule has 1 aromatic rings. The van der Waals surface area contributed by atoms with E-state index in [0.29, 0.717) is 23.7 Å². The molecule has 2 aliphatic rings. The first-order valence-corrected chi connectivity index (χ1v) is 6.10. The monoisotopic (exact) mass is 279 g/mol. The lowest BCUT2D eigenvalue weighted by Gasteiger charge is -2.11. The lowest BCUT2D eigenvalue weighted by atomic mass is 10.0. The predicted molar refractivity (Wildman–Crippen MR) is 67.4 cm³/mol. The van der Waals surface area contributed by atoms with E-state index in [4.69, 9.17) is 24.2 Å². The first kappa shape index (κ1) is 12.6. The quantitative estimate of drug-likeness (QED) is 0.891. The van der Waals surface area contributed by atoms with Crippen molar-refractivity contribution in [3.63, 3.8) is 0 Å². The minimum Gasteiger partial charge on any atom is -0.493 e. The summed E-state index contributed by atoms with van der Waals surface area (Å²) in [6.45, 7) is 0.168. The van der Waals surface area contributed by atoms with E-state index in [2.05, 4.69) is 5.16 Å². The first-order chi connectivity index (χ1) is 9.67. The number of benzene rings is 1. The molecule has 1 aromatic carbocycles. The number of ether oxygens (including phenoxy) is 3. The van der Waals surface area contributed by atoms with Crippen LogP contribution in [0.5, 0.6) is 17.2 Å². The van der Waals surface area contributed by atoms with E-state index in [9.17, 15) is 4.79 Å². The van der Waals surface area contributed by atoms with E-state index in [1.54, 1.807) is 7.11 Å². The number of hydrogen-bond acceptors (Lipinski definition) is 6. The molecule has 2 heterocycles. The molecule has 106 valence electrons. The van der Waals surface area contributed by atoms with E-state index in [1.165, 1.54) is 0 Å². The van der Waals surface area contributed by atoms with Gasteiger partial charge in [0.1, 0.15) is 6.10 Å². The zero-order chi connectivity index (χ0) is 14.1. The number of carboxylic acids is 1. The third kappa shape index (κ3) is 2.22. The number of carboxylic acid groups (broad SMARTS) is 1. The van der Waals surface area contributed by atoms with Crippen LogP contribution < -0.4 is 14.2 Å². The zero-order valence-electron chi connectivity index (χ0n) is 10.8. The molecule has 0 amide bonds. The van der Waals surface area contributed by atoms with E-state index in [0.717, 1.165) is 5.56 Å². The van der Waals surface area contributed by atoms with Gasteiger partial charge in [0.05, 0.1) is 7.11 Å². The molecule has 1 unspecified atom stereocenters. The Hall–Kier alpha value is -2.44. The fourth-order valence-electron chi connectivity index (χ4n) is 2.23. The van der Waals surface area contributed by atoms with Crippen LogP contribution in [-0.2, 0) is 16.1 Å². The molecule has 1 atom stereocenters. The van der Waals surface area contributed by atoms with Crippen molar-refractivity contribution in [2.45, 2.75) is 18.9 Å². The van der Waals surface area contributed by atoms with Gasteiger partial charge >= 0.3 is 5.97 Å². The molecule has 7 heteroatoms. The summed E-state index contributed by atoms with van der Waals surface area (Å²) in [7, 11) is 1.55. The number of hydrogen-bond donors (Lipinski definition) is 1. The summed E-state index contributed by atoms with van der Waals surface area (Å²) >= 11 is 0. The summed E-state index contributed by atoms with van der Waals surface area (Å²) in [6, 6.07) is 3.67. The second kappa shape index (κ2) is 4.92. The summed E-state index contributed by atoms with van der Waals surface area (Å²) in [5.74, 6) is 0.755. The van der Waals surface area contributed by atoms with Gasteiger partial charge in [-0.05, 0) is 17.7 Å². The molecule has 0 radical (unpaired) electrons. The van der Waals surface area contributed by atoms with Crippen LogP contribution in [-0.4, -0.2) is 36.8 Å². The molecule has 0 aromatic heterocycles. The highest BCUT2D eigenvalue weighted by atomic mass is 16.7. The fourth-order valence-corrected chi connectivity index (χ4v) is 2.23. The van der Waals surface area contributed by atoms with E-state index < -0.39 is 5.97 Å². The van der Waals surface area contributed by atoms with Crippen LogP contribution in [0.4, 0.5) is 0 Å². The standard InChI is InChI=1S/C13H13NO6/c1-17-10-3-7(4-11-12(10)19-6-18-11)2-8-5-9(13(15)16)14-20-8/h3-4,8H,2,5-6H2,1H3,(H,15,16). The van der Waals surface area contributed by atoms with Crippen molar-refractivity contribution in [3.05, 3.63) is 17.7 Å². The van der Waals surface area contributed by atoms with Gasteiger partial charge in [0.15, 0.2) is 17.2 Å². The summed E-state index contributed by atoms with van der Waals surface area (Å²) in [4.78, 5) is 15.9. The average Bonchev–Trinajstić information content (AvgIpc) is 3.06. The molecule has 0 bridgehead atoms. The van der Waals surface area contributed by atoms with E-state index >= 15 is 0 Å². The molecule has 0 aliphatic carbocycles. The second-order valence-electron chi connectivity index (χ2n) is 4.51. The zero-order valence-corrected chi connectivity index (χ0v) is 10.8. The van der Waals surface area contributed by atoms with Gasteiger partial charge in [0.25, 0.3) is 0 Å². The van der Waals surface area contributed by atoms with Crippen molar-refractivity contribution in [3.8, 4) is 17.2 Å². The first-order valence-electron chi connectivity index (χ1n) is 6.10. The number of nitrogens with zero attached hydrogens (tertiary/aromatic N) is 1.